The highest BCUT2D eigenvalue weighted by Crippen LogP contribution is 2.40. The van der Waals surface area contributed by atoms with Crippen molar-refractivity contribution in [2.24, 2.45) is 5.73 Å². The summed E-state index contributed by atoms with van der Waals surface area (Å²) in [6.07, 6.45) is 5.50. The van der Waals surface area contributed by atoms with Gasteiger partial charge in [0.15, 0.2) is 0 Å². The molecular weight excluding hydrogens is 244 g/mol. The predicted molar refractivity (Wildman–Crippen MR) is 84.7 cm³/mol. The average Bonchev–Trinajstić information content (AvgIpc) is 3.03. The molecule has 0 aromatic heterocycles. The zero-order valence-electron chi connectivity index (χ0n) is 13.2. The second-order valence-corrected chi connectivity index (χ2v) is 7.53. The van der Waals surface area contributed by atoms with Crippen molar-refractivity contribution in [2.75, 3.05) is 6.54 Å². The molecule has 20 heavy (non-hydrogen) atoms. The minimum Gasteiger partial charge on any atom is -0.329 e. The summed E-state index contributed by atoms with van der Waals surface area (Å²) in [6.45, 7) is 8.71. The maximum atomic E-state index is 6.12. The molecule has 3 rings (SSSR count). The third-order valence-electron chi connectivity index (χ3n) is 5.14. The predicted octanol–water partition coefficient (Wildman–Crippen LogP) is 3.74. The fourth-order valence-electron chi connectivity index (χ4n) is 3.88. The Balaban J connectivity index is 1.92. The van der Waals surface area contributed by atoms with E-state index in [-0.39, 0.29) is 5.41 Å². The van der Waals surface area contributed by atoms with Gasteiger partial charge in [-0.05, 0) is 34.9 Å². The van der Waals surface area contributed by atoms with E-state index in [2.05, 4.69) is 43.9 Å². The monoisotopic (exact) mass is 272 g/mol. The summed E-state index contributed by atoms with van der Waals surface area (Å²) in [4.78, 5) is 2.67. The first-order chi connectivity index (χ1) is 9.50. The molecule has 2 heteroatoms. The van der Waals surface area contributed by atoms with Gasteiger partial charge in [0.2, 0.25) is 0 Å². The molecule has 0 bridgehead atoms. The minimum atomic E-state index is 0.217. The molecule has 1 fully saturated rings. The smallest absolute Gasteiger partial charge is 0.0480 e. The Morgan fingerprint density at radius 1 is 1.20 bits per heavy atom. The Morgan fingerprint density at radius 2 is 1.90 bits per heavy atom. The van der Waals surface area contributed by atoms with Crippen molar-refractivity contribution in [2.45, 2.75) is 70.5 Å². The lowest BCUT2D eigenvalue weighted by molar-refractivity contribution is 0.152. The first-order valence-electron chi connectivity index (χ1n) is 8.10. The summed E-state index contributed by atoms with van der Waals surface area (Å²) in [7, 11) is 0. The standard InChI is InChI=1S/C18H28N2/c1-18(2,3)14-9-8-13-12-20(15-6-4-5-7-15)17(11-19)16(13)10-14/h8-10,15,17H,4-7,11-12,19H2,1-3H3. The summed E-state index contributed by atoms with van der Waals surface area (Å²) in [5.74, 6) is 0. The van der Waals surface area contributed by atoms with Crippen LogP contribution < -0.4 is 5.73 Å². The van der Waals surface area contributed by atoms with Gasteiger partial charge in [0.25, 0.3) is 0 Å². The quantitative estimate of drug-likeness (QED) is 0.888. The van der Waals surface area contributed by atoms with Gasteiger partial charge in [-0.2, -0.15) is 0 Å². The SMILES string of the molecule is CC(C)(C)c1ccc2c(c1)C(CN)N(C1CCCC1)C2. The fourth-order valence-corrected chi connectivity index (χ4v) is 3.88. The van der Waals surface area contributed by atoms with Crippen molar-refractivity contribution < 1.29 is 0 Å². The lowest BCUT2D eigenvalue weighted by atomic mass is 9.85. The number of rotatable bonds is 2. The Hall–Kier alpha value is -0.860. The van der Waals surface area contributed by atoms with Crippen LogP contribution in [-0.4, -0.2) is 17.5 Å². The molecule has 1 unspecified atom stereocenters. The number of fused-ring (bicyclic) bond motifs is 1. The summed E-state index contributed by atoms with van der Waals surface area (Å²) < 4.78 is 0. The minimum absolute atomic E-state index is 0.217. The van der Waals surface area contributed by atoms with Gasteiger partial charge in [0.05, 0.1) is 0 Å². The topological polar surface area (TPSA) is 29.3 Å². The lowest BCUT2D eigenvalue weighted by Crippen LogP contribution is -2.35. The molecule has 1 aliphatic carbocycles. The fraction of sp³-hybridized carbons (Fsp3) is 0.667. The lowest BCUT2D eigenvalue weighted by Gasteiger charge is -2.30. The molecular formula is C18H28N2. The normalized spacial score (nSPS) is 24.3. The summed E-state index contributed by atoms with van der Waals surface area (Å²) >= 11 is 0. The Kier molecular flexibility index (Phi) is 3.64. The van der Waals surface area contributed by atoms with Crippen molar-refractivity contribution >= 4 is 0 Å². The van der Waals surface area contributed by atoms with Gasteiger partial charge in [0.1, 0.15) is 0 Å². The molecule has 0 radical (unpaired) electrons. The zero-order chi connectivity index (χ0) is 14.3. The molecule has 0 spiro atoms. The number of hydrogen-bond donors (Lipinski definition) is 1. The zero-order valence-corrected chi connectivity index (χ0v) is 13.2. The maximum Gasteiger partial charge on any atom is 0.0480 e. The van der Waals surface area contributed by atoms with Crippen LogP contribution >= 0.6 is 0 Å². The molecule has 2 N–H and O–H groups in total. The van der Waals surface area contributed by atoms with Gasteiger partial charge in [0, 0.05) is 25.2 Å². The second kappa shape index (κ2) is 5.16. The van der Waals surface area contributed by atoms with Crippen LogP contribution in [0.15, 0.2) is 18.2 Å². The van der Waals surface area contributed by atoms with Crippen LogP contribution in [0.5, 0.6) is 0 Å². The van der Waals surface area contributed by atoms with E-state index in [1.54, 1.807) is 0 Å². The van der Waals surface area contributed by atoms with Crippen molar-refractivity contribution in [3.63, 3.8) is 0 Å². The van der Waals surface area contributed by atoms with Gasteiger partial charge in [-0.25, -0.2) is 0 Å². The van der Waals surface area contributed by atoms with E-state index in [0.717, 1.165) is 19.1 Å². The molecule has 110 valence electrons. The molecule has 2 aliphatic rings. The molecule has 2 nitrogen and oxygen atoms in total. The number of nitrogens with two attached hydrogens (primary N) is 1. The first kappa shape index (κ1) is 14.1. The van der Waals surface area contributed by atoms with Crippen molar-refractivity contribution in [3.05, 3.63) is 34.9 Å². The van der Waals surface area contributed by atoms with Crippen LogP contribution in [0.25, 0.3) is 0 Å². The maximum absolute atomic E-state index is 6.12. The van der Waals surface area contributed by atoms with Crippen LogP contribution in [0.4, 0.5) is 0 Å². The van der Waals surface area contributed by atoms with Crippen LogP contribution in [0.1, 0.15) is 69.2 Å². The summed E-state index contributed by atoms with van der Waals surface area (Å²) in [5.41, 5.74) is 10.8. The average molecular weight is 272 g/mol. The van der Waals surface area contributed by atoms with E-state index in [4.69, 9.17) is 5.73 Å². The van der Waals surface area contributed by atoms with E-state index in [9.17, 15) is 0 Å². The molecule has 1 saturated carbocycles. The van der Waals surface area contributed by atoms with Crippen molar-refractivity contribution in [3.8, 4) is 0 Å². The third-order valence-corrected chi connectivity index (χ3v) is 5.14. The van der Waals surface area contributed by atoms with Gasteiger partial charge in [-0.1, -0.05) is 51.8 Å². The van der Waals surface area contributed by atoms with Crippen LogP contribution in [0, 0.1) is 0 Å². The summed E-state index contributed by atoms with van der Waals surface area (Å²) in [6, 6.07) is 8.27. The number of nitrogens with zero attached hydrogens (tertiary/aromatic N) is 1. The molecule has 1 aromatic carbocycles. The molecule has 1 atom stereocenters. The van der Waals surface area contributed by atoms with E-state index >= 15 is 0 Å². The Labute approximate surface area is 123 Å². The second-order valence-electron chi connectivity index (χ2n) is 7.53. The van der Waals surface area contributed by atoms with E-state index < -0.39 is 0 Å². The van der Waals surface area contributed by atoms with E-state index in [1.807, 2.05) is 0 Å². The first-order valence-corrected chi connectivity index (χ1v) is 8.10. The summed E-state index contributed by atoms with van der Waals surface area (Å²) in [5, 5.41) is 0. The van der Waals surface area contributed by atoms with Crippen molar-refractivity contribution in [1.82, 2.24) is 4.90 Å². The molecule has 0 saturated heterocycles. The highest BCUT2D eigenvalue weighted by molar-refractivity contribution is 5.40. The van der Waals surface area contributed by atoms with Gasteiger partial charge >= 0.3 is 0 Å². The molecule has 1 aliphatic heterocycles. The highest BCUT2D eigenvalue weighted by Gasteiger charge is 2.35. The third kappa shape index (κ3) is 2.40. The van der Waals surface area contributed by atoms with Gasteiger partial charge < -0.3 is 5.73 Å². The van der Waals surface area contributed by atoms with Crippen LogP contribution in [0.3, 0.4) is 0 Å². The van der Waals surface area contributed by atoms with E-state index in [0.29, 0.717) is 6.04 Å². The largest absolute Gasteiger partial charge is 0.329 e. The molecule has 1 aromatic rings. The Bertz CT molecular complexity index is 481. The molecule has 0 amide bonds. The number of benzene rings is 1. The van der Waals surface area contributed by atoms with Crippen molar-refractivity contribution in [1.29, 1.82) is 0 Å². The van der Waals surface area contributed by atoms with E-state index in [1.165, 1.54) is 42.4 Å². The van der Waals surface area contributed by atoms with Crippen LogP contribution in [0.2, 0.25) is 0 Å². The van der Waals surface area contributed by atoms with Crippen LogP contribution in [-0.2, 0) is 12.0 Å². The number of hydrogen-bond acceptors (Lipinski definition) is 2. The Morgan fingerprint density at radius 3 is 2.50 bits per heavy atom. The van der Waals surface area contributed by atoms with Gasteiger partial charge in [-0.3, -0.25) is 4.90 Å². The highest BCUT2D eigenvalue weighted by atomic mass is 15.2. The molecule has 1 heterocycles. The van der Waals surface area contributed by atoms with Gasteiger partial charge in [-0.15, -0.1) is 0 Å².